The molecular weight excluding hydrogens is 238 g/mol. The van der Waals surface area contributed by atoms with Crippen molar-refractivity contribution in [1.82, 2.24) is 9.78 Å². The van der Waals surface area contributed by atoms with E-state index in [2.05, 4.69) is 5.10 Å². The third kappa shape index (κ3) is 1.97. The van der Waals surface area contributed by atoms with E-state index in [9.17, 15) is 4.79 Å². The predicted molar refractivity (Wildman–Crippen MR) is 74.7 cm³/mol. The van der Waals surface area contributed by atoms with Gasteiger partial charge >= 0.3 is 0 Å². The van der Waals surface area contributed by atoms with Crippen molar-refractivity contribution in [3.8, 4) is 11.1 Å². The summed E-state index contributed by atoms with van der Waals surface area (Å²) < 4.78 is 1.77. The van der Waals surface area contributed by atoms with Crippen LogP contribution in [0.4, 0.5) is 0 Å². The average Bonchev–Trinajstić information content (AvgIpc) is 2.84. The molecule has 19 heavy (non-hydrogen) atoms. The van der Waals surface area contributed by atoms with Gasteiger partial charge in [0.05, 0.1) is 6.20 Å². The summed E-state index contributed by atoms with van der Waals surface area (Å²) in [6.45, 7) is 0. The van der Waals surface area contributed by atoms with Gasteiger partial charge in [0.25, 0.3) is 0 Å². The Kier molecular flexibility index (Phi) is 2.56. The van der Waals surface area contributed by atoms with Crippen LogP contribution in [0.3, 0.4) is 0 Å². The van der Waals surface area contributed by atoms with E-state index in [0.717, 1.165) is 21.9 Å². The molecule has 3 aromatic rings. The van der Waals surface area contributed by atoms with Crippen LogP contribution in [0.15, 0.2) is 48.8 Å². The molecular formula is C15H13N3O. The minimum Gasteiger partial charge on any atom is -0.366 e. The smallest absolute Gasteiger partial charge is 0.248 e. The Balaban J connectivity index is 2.24. The molecule has 0 fully saturated rings. The molecule has 94 valence electrons. The highest BCUT2D eigenvalue weighted by Gasteiger charge is 2.07. The van der Waals surface area contributed by atoms with E-state index in [1.807, 2.05) is 49.8 Å². The van der Waals surface area contributed by atoms with Gasteiger partial charge < -0.3 is 5.73 Å². The van der Waals surface area contributed by atoms with Crippen molar-refractivity contribution < 1.29 is 4.79 Å². The summed E-state index contributed by atoms with van der Waals surface area (Å²) in [7, 11) is 1.89. The van der Waals surface area contributed by atoms with Crippen molar-refractivity contribution in [1.29, 1.82) is 0 Å². The van der Waals surface area contributed by atoms with Gasteiger partial charge in [-0.15, -0.1) is 0 Å². The number of nitrogens with two attached hydrogens (primary N) is 1. The fraction of sp³-hybridized carbons (Fsp3) is 0.0667. The van der Waals surface area contributed by atoms with Crippen molar-refractivity contribution in [3.63, 3.8) is 0 Å². The summed E-state index contributed by atoms with van der Waals surface area (Å²) in [6, 6.07) is 11.5. The van der Waals surface area contributed by atoms with E-state index >= 15 is 0 Å². The lowest BCUT2D eigenvalue weighted by molar-refractivity contribution is 0.100. The van der Waals surface area contributed by atoms with Gasteiger partial charge in [0.15, 0.2) is 0 Å². The van der Waals surface area contributed by atoms with E-state index in [4.69, 9.17) is 5.73 Å². The molecule has 4 nitrogen and oxygen atoms in total. The zero-order chi connectivity index (χ0) is 13.4. The second-order valence-corrected chi connectivity index (χ2v) is 4.51. The monoisotopic (exact) mass is 251 g/mol. The van der Waals surface area contributed by atoms with E-state index in [1.165, 1.54) is 0 Å². The highest BCUT2D eigenvalue weighted by molar-refractivity contribution is 6.02. The van der Waals surface area contributed by atoms with Crippen LogP contribution in [-0.2, 0) is 7.05 Å². The first-order chi connectivity index (χ1) is 9.15. The molecule has 0 spiro atoms. The van der Waals surface area contributed by atoms with Gasteiger partial charge in [0.2, 0.25) is 5.91 Å². The second-order valence-electron chi connectivity index (χ2n) is 4.51. The molecule has 0 aliphatic heterocycles. The highest BCUT2D eigenvalue weighted by atomic mass is 16.1. The Labute approximate surface area is 110 Å². The largest absolute Gasteiger partial charge is 0.366 e. The van der Waals surface area contributed by atoms with E-state index in [1.54, 1.807) is 10.7 Å². The molecule has 0 unspecified atom stereocenters. The van der Waals surface area contributed by atoms with Crippen molar-refractivity contribution in [3.05, 3.63) is 54.4 Å². The number of primary amides is 1. The minimum absolute atomic E-state index is 0.409. The Bertz CT molecular complexity index is 774. The number of rotatable bonds is 2. The van der Waals surface area contributed by atoms with Crippen LogP contribution >= 0.6 is 0 Å². The van der Waals surface area contributed by atoms with E-state index in [-0.39, 0.29) is 0 Å². The van der Waals surface area contributed by atoms with E-state index in [0.29, 0.717) is 5.56 Å². The first kappa shape index (κ1) is 11.5. The Morgan fingerprint density at radius 1 is 1.26 bits per heavy atom. The fourth-order valence-electron chi connectivity index (χ4n) is 2.25. The molecule has 0 radical (unpaired) electrons. The number of benzene rings is 2. The zero-order valence-corrected chi connectivity index (χ0v) is 10.5. The van der Waals surface area contributed by atoms with Crippen LogP contribution in [0.2, 0.25) is 0 Å². The third-order valence-electron chi connectivity index (χ3n) is 3.18. The lowest BCUT2D eigenvalue weighted by Crippen LogP contribution is -2.10. The van der Waals surface area contributed by atoms with E-state index < -0.39 is 5.91 Å². The van der Waals surface area contributed by atoms with Gasteiger partial charge in [-0.2, -0.15) is 5.10 Å². The second kappa shape index (κ2) is 4.24. The number of hydrogen-bond donors (Lipinski definition) is 1. The maximum Gasteiger partial charge on any atom is 0.248 e. The van der Waals surface area contributed by atoms with Gasteiger partial charge in [-0.05, 0) is 28.5 Å². The standard InChI is InChI=1S/C15H13N3O/c1-18-9-12(8-17-18)13-4-2-3-10-7-11(15(16)19)5-6-14(10)13/h2-9H,1H3,(H2,16,19). The Morgan fingerprint density at radius 2 is 2.11 bits per heavy atom. The summed E-state index contributed by atoms with van der Waals surface area (Å²) in [5, 5.41) is 6.27. The topological polar surface area (TPSA) is 60.9 Å². The van der Waals surface area contributed by atoms with Crippen molar-refractivity contribution in [2.24, 2.45) is 12.8 Å². The van der Waals surface area contributed by atoms with Gasteiger partial charge in [-0.1, -0.05) is 24.3 Å². The van der Waals surface area contributed by atoms with Crippen LogP contribution in [0.25, 0.3) is 21.9 Å². The molecule has 0 saturated carbocycles. The number of amides is 1. The first-order valence-corrected chi connectivity index (χ1v) is 5.97. The number of aromatic nitrogens is 2. The summed E-state index contributed by atoms with van der Waals surface area (Å²) >= 11 is 0. The average molecular weight is 251 g/mol. The lowest BCUT2D eigenvalue weighted by Gasteiger charge is -2.05. The van der Waals surface area contributed by atoms with Gasteiger partial charge in [-0.3, -0.25) is 9.48 Å². The molecule has 3 rings (SSSR count). The molecule has 0 bridgehead atoms. The predicted octanol–water partition coefficient (Wildman–Crippen LogP) is 2.34. The molecule has 2 N–H and O–H groups in total. The van der Waals surface area contributed by atoms with Crippen LogP contribution in [0.1, 0.15) is 10.4 Å². The number of carbonyl (C=O) groups is 1. The molecule has 0 atom stereocenters. The quantitative estimate of drug-likeness (QED) is 0.760. The molecule has 1 heterocycles. The van der Waals surface area contributed by atoms with Gasteiger partial charge in [0, 0.05) is 24.4 Å². The molecule has 2 aromatic carbocycles. The number of fused-ring (bicyclic) bond motifs is 1. The van der Waals surface area contributed by atoms with Gasteiger partial charge in [-0.25, -0.2) is 0 Å². The molecule has 1 amide bonds. The van der Waals surface area contributed by atoms with Crippen LogP contribution in [0.5, 0.6) is 0 Å². The van der Waals surface area contributed by atoms with Crippen molar-refractivity contribution in [2.75, 3.05) is 0 Å². The summed E-state index contributed by atoms with van der Waals surface area (Å²) in [5.74, 6) is -0.409. The minimum atomic E-state index is -0.409. The summed E-state index contributed by atoms with van der Waals surface area (Å²) in [5.41, 5.74) is 7.98. The summed E-state index contributed by atoms with van der Waals surface area (Å²) in [6.07, 6.45) is 3.80. The molecule has 4 heteroatoms. The number of hydrogen-bond acceptors (Lipinski definition) is 2. The van der Waals surface area contributed by atoms with Crippen LogP contribution in [0, 0.1) is 0 Å². The molecule has 1 aromatic heterocycles. The van der Waals surface area contributed by atoms with Crippen molar-refractivity contribution >= 4 is 16.7 Å². The SMILES string of the molecule is Cn1cc(-c2cccc3cc(C(N)=O)ccc23)cn1. The number of nitrogens with zero attached hydrogens (tertiary/aromatic N) is 2. The highest BCUT2D eigenvalue weighted by Crippen LogP contribution is 2.28. The zero-order valence-electron chi connectivity index (χ0n) is 10.5. The maximum absolute atomic E-state index is 11.2. The molecule has 0 saturated heterocycles. The number of carbonyl (C=O) groups excluding carboxylic acids is 1. The fourth-order valence-corrected chi connectivity index (χ4v) is 2.25. The van der Waals surface area contributed by atoms with Crippen LogP contribution < -0.4 is 5.73 Å². The number of aryl methyl sites for hydroxylation is 1. The summed E-state index contributed by atoms with van der Waals surface area (Å²) in [4.78, 5) is 11.2. The van der Waals surface area contributed by atoms with Crippen molar-refractivity contribution in [2.45, 2.75) is 0 Å². The molecule has 0 aliphatic rings. The Hall–Kier alpha value is -2.62. The maximum atomic E-state index is 11.2. The first-order valence-electron chi connectivity index (χ1n) is 5.97. The van der Waals surface area contributed by atoms with Gasteiger partial charge in [0.1, 0.15) is 0 Å². The Morgan fingerprint density at radius 3 is 2.79 bits per heavy atom. The lowest BCUT2D eigenvalue weighted by atomic mass is 9.99. The normalized spacial score (nSPS) is 10.8. The third-order valence-corrected chi connectivity index (χ3v) is 3.18. The van der Waals surface area contributed by atoms with Crippen LogP contribution in [-0.4, -0.2) is 15.7 Å². The molecule has 0 aliphatic carbocycles.